The van der Waals surface area contributed by atoms with Crippen molar-refractivity contribution in [2.75, 3.05) is 0 Å². The molecule has 0 atom stereocenters. The Morgan fingerprint density at radius 2 is 1.90 bits per heavy atom. The van der Waals surface area contributed by atoms with Crippen LogP contribution in [0.5, 0.6) is 5.75 Å². The molecule has 0 aliphatic rings. The van der Waals surface area contributed by atoms with Crippen LogP contribution in [0.15, 0.2) is 64.0 Å². The third-order valence-electron chi connectivity index (χ3n) is 4.15. The molecule has 0 spiro atoms. The second-order valence-electron chi connectivity index (χ2n) is 6.83. The quantitative estimate of drug-likeness (QED) is 0.280. The standard InChI is InChI=1S/C21H20F2N4O3S/c1-13(2)24-21-26(25-14(3)16-5-4-6-17(11-16)27(28)29)19(12-31-21)15-7-9-18(10-8-15)30-20(22)23/h4-13,20H,1-3H3/b24-21?,25-14-. The Labute approximate surface area is 181 Å². The summed E-state index contributed by atoms with van der Waals surface area (Å²) in [4.78, 5) is 15.9. The zero-order chi connectivity index (χ0) is 22.5. The van der Waals surface area contributed by atoms with Crippen LogP contribution in [-0.4, -0.2) is 28.0 Å². The Morgan fingerprint density at radius 3 is 2.52 bits per heavy atom. The lowest BCUT2D eigenvalue weighted by atomic mass is 10.1. The fourth-order valence-corrected chi connectivity index (χ4v) is 3.73. The van der Waals surface area contributed by atoms with E-state index in [2.05, 4.69) is 14.8 Å². The van der Waals surface area contributed by atoms with Crippen molar-refractivity contribution in [3.05, 3.63) is 74.4 Å². The number of alkyl halides is 2. The zero-order valence-electron chi connectivity index (χ0n) is 17.0. The molecule has 2 aromatic carbocycles. The SMILES string of the molecule is C/C(=N/n1c(-c2ccc(OC(F)F)cc2)csc1=NC(C)C)c1cccc([N+](=O)[O-])c1. The Hall–Kier alpha value is -3.40. The number of hydrogen-bond acceptors (Lipinski definition) is 6. The number of benzene rings is 2. The van der Waals surface area contributed by atoms with Gasteiger partial charge in [-0.1, -0.05) is 12.1 Å². The van der Waals surface area contributed by atoms with Crippen LogP contribution in [0.2, 0.25) is 0 Å². The minimum Gasteiger partial charge on any atom is -0.435 e. The molecule has 0 aliphatic carbocycles. The molecule has 0 unspecified atom stereocenters. The molecular formula is C21H20F2N4O3S. The summed E-state index contributed by atoms with van der Waals surface area (Å²) in [6.45, 7) is 2.75. The first kappa shape index (κ1) is 22.3. The second kappa shape index (κ2) is 9.61. The molecule has 31 heavy (non-hydrogen) atoms. The molecule has 0 fully saturated rings. The van der Waals surface area contributed by atoms with Gasteiger partial charge < -0.3 is 4.74 Å². The van der Waals surface area contributed by atoms with Crippen molar-refractivity contribution in [1.82, 2.24) is 4.68 Å². The van der Waals surface area contributed by atoms with E-state index >= 15 is 0 Å². The Balaban J connectivity index is 2.08. The van der Waals surface area contributed by atoms with Gasteiger partial charge in [0.05, 0.1) is 16.3 Å². The van der Waals surface area contributed by atoms with Crippen molar-refractivity contribution in [2.45, 2.75) is 33.4 Å². The van der Waals surface area contributed by atoms with Crippen LogP contribution in [0.4, 0.5) is 14.5 Å². The van der Waals surface area contributed by atoms with Crippen LogP contribution in [0.3, 0.4) is 0 Å². The Morgan fingerprint density at radius 1 is 1.19 bits per heavy atom. The number of aromatic nitrogens is 1. The largest absolute Gasteiger partial charge is 0.435 e. The molecule has 0 N–H and O–H groups in total. The van der Waals surface area contributed by atoms with Gasteiger partial charge in [0.2, 0.25) is 4.80 Å². The number of halogens is 2. The number of nitro groups is 1. The van der Waals surface area contributed by atoms with Crippen molar-refractivity contribution < 1.29 is 18.4 Å². The van der Waals surface area contributed by atoms with Crippen LogP contribution in [0.1, 0.15) is 26.3 Å². The first-order valence-electron chi connectivity index (χ1n) is 9.34. The molecule has 1 heterocycles. The van der Waals surface area contributed by atoms with Crippen molar-refractivity contribution in [3.8, 4) is 17.0 Å². The number of non-ortho nitro benzene ring substituents is 1. The lowest BCUT2D eigenvalue weighted by Crippen LogP contribution is -2.16. The average molecular weight is 446 g/mol. The lowest BCUT2D eigenvalue weighted by Gasteiger charge is -2.08. The second-order valence-corrected chi connectivity index (χ2v) is 7.67. The molecule has 0 aliphatic heterocycles. The van der Waals surface area contributed by atoms with E-state index in [9.17, 15) is 18.9 Å². The molecule has 0 saturated carbocycles. The van der Waals surface area contributed by atoms with Crippen molar-refractivity contribution in [2.24, 2.45) is 10.1 Å². The zero-order valence-corrected chi connectivity index (χ0v) is 17.8. The highest BCUT2D eigenvalue weighted by molar-refractivity contribution is 7.07. The Bertz CT molecular complexity index is 1170. The van der Waals surface area contributed by atoms with E-state index in [1.807, 2.05) is 19.2 Å². The molecule has 7 nitrogen and oxygen atoms in total. The van der Waals surface area contributed by atoms with E-state index in [1.54, 1.807) is 35.9 Å². The normalized spacial score (nSPS) is 12.6. The minimum atomic E-state index is -2.89. The summed E-state index contributed by atoms with van der Waals surface area (Å²) in [7, 11) is 0. The number of hydrogen-bond donors (Lipinski definition) is 0. The van der Waals surface area contributed by atoms with Gasteiger partial charge in [-0.2, -0.15) is 13.9 Å². The van der Waals surface area contributed by atoms with Gasteiger partial charge in [0.15, 0.2) is 0 Å². The highest BCUT2D eigenvalue weighted by Gasteiger charge is 2.12. The average Bonchev–Trinajstić information content (AvgIpc) is 3.09. The summed E-state index contributed by atoms with van der Waals surface area (Å²) in [5.74, 6) is 0.0592. The number of thiazole rings is 1. The van der Waals surface area contributed by atoms with E-state index in [-0.39, 0.29) is 17.5 Å². The lowest BCUT2D eigenvalue weighted by molar-refractivity contribution is -0.384. The van der Waals surface area contributed by atoms with Crippen molar-refractivity contribution in [3.63, 3.8) is 0 Å². The van der Waals surface area contributed by atoms with E-state index < -0.39 is 11.5 Å². The van der Waals surface area contributed by atoms with Gasteiger partial charge >= 0.3 is 6.61 Å². The van der Waals surface area contributed by atoms with Gasteiger partial charge in [0, 0.05) is 34.7 Å². The summed E-state index contributed by atoms with van der Waals surface area (Å²) in [6, 6.07) is 12.5. The third-order valence-corrected chi connectivity index (χ3v) is 4.98. The van der Waals surface area contributed by atoms with Gasteiger partial charge in [0.1, 0.15) is 5.75 Å². The van der Waals surface area contributed by atoms with Crippen molar-refractivity contribution >= 4 is 22.7 Å². The number of rotatable bonds is 7. The smallest absolute Gasteiger partial charge is 0.387 e. The molecular weight excluding hydrogens is 426 g/mol. The number of nitrogens with zero attached hydrogens (tertiary/aromatic N) is 4. The summed E-state index contributed by atoms with van der Waals surface area (Å²) in [5, 5.41) is 17.6. The fourth-order valence-electron chi connectivity index (χ4n) is 2.76. The third kappa shape index (κ3) is 5.60. The fraction of sp³-hybridized carbons (Fsp3) is 0.238. The topological polar surface area (TPSA) is 82.0 Å². The summed E-state index contributed by atoms with van der Waals surface area (Å²) in [6.07, 6.45) is 0. The molecule has 0 bridgehead atoms. The number of nitro benzene ring substituents is 1. The summed E-state index contributed by atoms with van der Waals surface area (Å²) in [5.41, 5.74) is 2.59. The van der Waals surface area contributed by atoms with Gasteiger partial charge in [-0.3, -0.25) is 15.1 Å². The van der Waals surface area contributed by atoms with Crippen LogP contribution in [0, 0.1) is 10.1 Å². The van der Waals surface area contributed by atoms with Crippen LogP contribution in [0.25, 0.3) is 11.3 Å². The molecule has 3 aromatic rings. The van der Waals surface area contributed by atoms with Crippen molar-refractivity contribution in [1.29, 1.82) is 0 Å². The number of ether oxygens (including phenoxy) is 1. The molecule has 0 radical (unpaired) electrons. The maximum atomic E-state index is 12.4. The highest BCUT2D eigenvalue weighted by atomic mass is 32.1. The summed E-state index contributed by atoms with van der Waals surface area (Å²) < 4.78 is 30.9. The molecule has 10 heteroatoms. The van der Waals surface area contributed by atoms with Gasteiger partial charge in [-0.25, -0.2) is 4.68 Å². The molecule has 3 rings (SSSR count). The van der Waals surface area contributed by atoms with E-state index in [0.29, 0.717) is 21.8 Å². The first-order chi connectivity index (χ1) is 14.7. The van der Waals surface area contributed by atoms with Crippen LogP contribution in [-0.2, 0) is 0 Å². The maximum Gasteiger partial charge on any atom is 0.387 e. The van der Waals surface area contributed by atoms with Gasteiger partial charge in [0.25, 0.3) is 5.69 Å². The van der Waals surface area contributed by atoms with E-state index in [0.717, 1.165) is 5.56 Å². The highest BCUT2D eigenvalue weighted by Crippen LogP contribution is 2.24. The van der Waals surface area contributed by atoms with Crippen LogP contribution >= 0.6 is 11.3 Å². The van der Waals surface area contributed by atoms with Gasteiger partial charge in [-0.05, 0) is 45.0 Å². The predicted molar refractivity (Wildman–Crippen MR) is 116 cm³/mol. The maximum absolute atomic E-state index is 12.4. The summed E-state index contributed by atoms with van der Waals surface area (Å²) >= 11 is 1.39. The molecule has 0 saturated heterocycles. The first-order valence-corrected chi connectivity index (χ1v) is 10.2. The van der Waals surface area contributed by atoms with Gasteiger partial charge in [-0.15, -0.1) is 11.3 Å². The Kier molecular flexibility index (Phi) is 6.91. The monoisotopic (exact) mass is 446 g/mol. The molecule has 1 aromatic heterocycles. The predicted octanol–water partition coefficient (Wildman–Crippen LogP) is 5.31. The van der Waals surface area contributed by atoms with E-state index in [4.69, 9.17) is 0 Å². The van der Waals surface area contributed by atoms with E-state index in [1.165, 1.54) is 35.6 Å². The van der Waals surface area contributed by atoms with Crippen LogP contribution < -0.4 is 9.54 Å². The minimum absolute atomic E-state index is 0.0212. The molecule has 0 amide bonds. The molecule has 162 valence electrons.